The number of hydrogen-bond acceptors (Lipinski definition) is 5. The van der Waals surface area contributed by atoms with Gasteiger partial charge >= 0.3 is 0 Å². The van der Waals surface area contributed by atoms with Gasteiger partial charge in [0.2, 0.25) is 11.8 Å². The molecule has 1 aliphatic heterocycles. The molecule has 0 spiro atoms. The predicted molar refractivity (Wildman–Crippen MR) is 78.2 cm³/mol. The molecule has 6 nitrogen and oxygen atoms in total. The van der Waals surface area contributed by atoms with Crippen molar-refractivity contribution in [1.29, 1.82) is 0 Å². The zero-order valence-electron chi connectivity index (χ0n) is 12.3. The van der Waals surface area contributed by atoms with Gasteiger partial charge in [-0.1, -0.05) is 11.2 Å². The van der Waals surface area contributed by atoms with Crippen LogP contribution in [0.2, 0.25) is 0 Å². The smallest absolute Gasteiger partial charge is 0.231 e. The fourth-order valence-electron chi connectivity index (χ4n) is 2.90. The number of likely N-dealkylation sites (tertiary alicyclic amines) is 1. The van der Waals surface area contributed by atoms with Gasteiger partial charge in [0.25, 0.3) is 0 Å². The first-order valence-corrected chi connectivity index (χ1v) is 7.80. The van der Waals surface area contributed by atoms with Crippen LogP contribution in [0, 0.1) is 0 Å². The Bertz CT molecular complexity index is 666. The van der Waals surface area contributed by atoms with E-state index in [1.165, 1.54) is 12.8 Å². The second-order valence-corrected chi connectivity index (χ2v) is 6.13. The molecule has 0 N–H and O–H groups in total. The molecule has 1 aliphatic carbocycles. The largest absolute Gasteiger partial charge is 0.342 e. The van der Waals surface area contributed by atoms with Crippen LogP contribution in [0.3, 0.4) is 0 Å². The van der Waals surface area contributed by atoms with Crippen molar-refractivity contribution in [2.24, 2.45) is 0 Å². The topological polar surface area (TPSA) is 72.1 Å². The number of carbonyl (C=O) groups excluding carboxylic acids is 1. The lowest BCUT2D eigenvalue weighted by Gasteiger charge is -2.15. The lowest BCUT2D eigenvalue weighted by Crippen LogP contribution is -2.29. The van der Waals surface area contributed by atoms with Gasteiger partial charge in [0.05, 0.1) is 12.3 Å². The van der Waals surface area contributed by atoms with E-state index >= 15 is 0 Å². The minimum atomic E-state index is 0.137. The minimum absolute atomic E-state index is 0.137. The van der Waals surface area contributed by atoms with Gasteiger partial charge in [0, 0.05) is 31.4 Å². The second-order valence-electron chi connectivity index (χ2n) is 6.13. The lowest BCUT2D eigenvalue weighted by atomic mass is 10.1. The molecule has 1 atom stereocenters. The van der Waals surface area contributed by atoms with Crippen LogP contribution in [0.1, 0.15) is 48.4 Å². The number of nitrogens with zero attached hydrogens (tertiary/aromatic N) is 4. The van der Waals surface area contributed by atoms with Gasteiger partial charge in [0.1, 0.15) is 0 Å². The average molecular weight is 298 g/mol. The molecule has 3 heterocycles. The van der Waals surface area contributed by atoms with E-state index in [-0.39, 0.29) is 11.8 Å². The summed E-state index contributed by atoms with van der Waals surface area (Å²) in [6.45, 7) is 1.43. The summed E-state index contributed by atoms with van der Waals surface area (Å²) in [6.07, 6.45) is 7.08. The van der Waals surface area contributed by atoms with Crippen molar-refractivity contribution in [1.82, 2.24) is 20.0 Å². The van der Waals surface area contributed by atoms with Crippen LogP contribution in [0.15, 0.2) is 29.0 Å². The Morgan fingerprint density at radius 2 is 2.23 bits per heavy atom. The molecule has 22 heavy (non-hydrogen) atoms. The Hall–Kier alpha value is -2.24. The zero-order chi connectivity index (χ0) is 14.9. The molecule has 0 bridgehead atoms. The van der Waals surface area contributed by atoms with E-state index in [9.17, 15) is 4.79 Å². The standard InChI is InChI=1S/C16H18N4O2/c21-14(8-11-2-1-6-17-9-11)20-7-5-13(10-20)16-18-15(19-22-16)12-3-4-12/h1-2,6,9,12-13H,3-5,7-8,10H2. The third-order valence-electron chi connectivity index (χ3n) is 4.37. The van der Waals surface area contributed by atoms with Gasteiger partial charge < -0.3 is 9.42 Å². The molecule has 2 aliphatic rings. The molecule has 114 valence electrons. The molecule has 2 aromatic rings. The highest BCUT2D eigenvalue weighted by Gasteiger charge is 2.34. The van der Waals surface area contributed by atoms with Crippen LogP contribution in [0.4, 0.5) is 0 Å². The van der Waals surface area contributed by atoms with E-state index in [0.717, 1.165) is 24.4 Å². The fourth-order valence-corrected chi connectivity index (χ4v) is 2.90. The summed E-state index contributed by atoms with van der Waals surface area (Å²) in [4.78, 5) is 22.8. The van der Waals surface area contributed by atoms with Crippen LogP contribution in [0.5, 0.6) is 0 Å². The van der Waals surface area contributed by atoms with Crippen LogP contribution in [-0.2, 0) is 11.2 Å². The summed E-state index contributed by atoms with van der Waals surface area (Å²) in [5, 5.41) is 4.06. The van der Waals surface area contributed by atoms with Crippen LogP contribution < -0.4 is 0 Å². The maximum absolute atomic E-state index is 12.3. The van der Waals surface area contributed by atoms with Crippen molar-refractivity contribution in [3.8, 4) is 0 Å². The normalized spacial score (nSPS) is 21.3. The summed E-state index contributed by atoms with van der Waals surface area (Å²) in [7, 11) is 0. The SMILES string of the molecule is O=C(Cc1cccnc1)N1CCC(c2nc(C3CC3)no2)C1. The van der Waals surface area contributed by atoms with Gasteiger partial charge in [-0.25, -0.2) is 0 Å². The Labute approximate surface area is 128 Å². The highest BCUT2D eigenvalue weighted by Crippen LogP contribution is 2.39. The molecule has 1 amide bonds. The Balaban J connectivity index is 1.37. The summed E-state index contributed by atoms with van der Waals surface area (Å²) in [5.74, 6) is 2.35. The Morgan fingerprint density at radius 1 is 1.32 bits per heavy atom. The highest BCUT2D eigenvalue weighted by atomic mass is 16.5. The van der Waals surface area contributed by atoms with Gasteiger partial charge in [-0.3, -0.25) is 9.78 Å². The van der Waals surface area contributed by atoms with Crippen LogP contribution in [0.25, 0.3) is 0 Å². The van der Waals surface area contributed by atoms with Crippen molar-refractivity contribution < 1.29 is 9.32 Å². The maximum Gasteiger partial charge on any atom is 0.231 e. The monoisotopic (exact) mass is 298 g/mol. The lowest BCUT2D eigenvalue weighted by molar-refractivity contribution is -0.129. The molecule has 2 aromatic heterocycles. The predicted octanol–water partition coefficient (Wildman–Crippen LogP) is 1.90. The number of aromatic nitrogens is 3. The number of carbonyl (C=O) groups is 1. The Morgan fingerprint density at radius 3 is 3.00 bits per heavy atom. The van der Waals surface area contributed by atoms with E-state index in [4.69, 9.17) is 4.52 Å². The molecule has 1 saturated carbocycles. The van der Waals surface area contributed by atoms with Crippen molar-refractivity contribution in [2.75, 3.05) is 13.1 Å². The molecule has 0 radical (unpaired) electrons. The number of rotatable bonds is 4. The number of hydrogen-bond donors (Lipinski definition) is 0. The number of amides is 1. The molecular weight excluding hydrogens is 280 g/mol. The van der Waals surface area contributed by atoms with E-state index in [2.05, 4.69) is 15.1 Å². The quantitative estimate of drug-likeness (QED) is 0.862. The van der Waals surface area contributed by atoms with Gasteiger partial charge in [-0.2, -0.15) is 4.98 Å². The van der Waals surface area contributed by atoms with Crippen molar-refractivity contribution in [3.63, 3.8) is 0 Å². The molecular formula is C16H18N4O2. The maximum atomic E-state index is 12.3. The fraction of sp³-hybridized carbons (Fsp3) is 0.500. The molecule has 6 heteroatoms. The number of pyridine rings is 1. The third kappa shape index (κ3) is 2.73. The summed E-state index contributed by atoms with van der Waals surface area (Å²) in [6, 6.07) is 3.78. The molecule has 0 aromatic carbocycles. The van der Waals surface area contributed by atoms with Crippen LogP contribution >= 0.6 is 0 Å². The molecule has 1 saturated heterocycles. The molecule has 4 rings (SSSR count). The van der Waals surface area contributed by atoms with Gasteiger partial charge in [-0.05, 0) is 30.9 Å². The van der Waals surface area contributed by atoms with Crippen molar-refractivity contribution >= 4 is 5.91 Å². The highest BCUT2D eigenvalue weighted by molar-refractivity contribution is 5.79. The summed E-state index contributed by atoms with van der Waals surface area (Å²) >= 11 is 0. The van der Waals surface area contributed by atoms with Gasteiger partial charge in [0.15, 0.2) is 5.82 Å². The molecule has 1 unspecified atom stereocenters. The average Bonchev–Trinajstić information content (AvgIpc) is 3.08. The van der Waals surface area contributed by atoms with E-state index in [1.54, 1.807) is 12.4 Å². The molecule has 2 fully saturated rings. The third-order valence-corrected chi connectivity index (χ3v) is 4.37. The van der Waals surface area contributed by atoms with Crippen molar-refractivity contribution in [2.45, 2.75) is 37.5 Å². The first-order valence-electron chi connectivity index (χ1n) is 7.80. The van der Waals surface area contributed by atoms with E-state index < -0.39 is 0 Å². The summed E-state index contributed by atoms with van der Waals surface area (Å²) < 4.78 is 5.39. The zero-order valence-corrected chi connectivity index (χ0v) is 12.3. The van der Waals surface area contributed by atoms with Crippen molar-refractivity contribution in [3.05, 3.63) is 41.8 Å². The minimum Gasteiger partial charge on any atom is -0.342 e. The summed E-state index contributed by atoms with van der Waals surface area (Å²) in [5.41, 5.74) is 0.949. The van der Waals surface area contributed by atoms with Gasteiger partial charge in [-0.15, -0.1) is 0 Å². The Kier molecular flexibility index (Phi) is 3.36. The van der Waals surface area contributed by atoms with Crippen LogP contribution in [-0.4, -0.2) is 39.0 Å². The van der Waals surface area contributed by atoms with E-state index in [1.807, 2.05) is 17.0 Å². The first-order chi connectivity index (χ1) is 10.8. The second kappa shape index (κ2) is 5.51. The van der Waals surface area contributed by atoms with E-state index in [0.29, 0.717) is 24.8 Å². The first kappa shape index (κ1) is 13.4.